The van der Waals surface area contributed by atoms with Crippen LogP contribution in [0, 0.1) is 5.92 Å². The van der Waals surface area contributed by atoms with E-state index in [2.05, 4.69) is 19.2 Å². The van der Waals surface area contributed by atoms with Crippen molar-refractivity contribution in [3.8, 4) is 5.75 Å². The molecular formula is C14H19NO2. The second-order valence-corrected chi connectivity index (χ2v) is 4.81. The van der Waals surface area contributed by atoms with Crippen LogP contribution in [0.5, 0.6) is 5.75 Å². The molecule has 0 saturated heterocycles. The minimum Gasteiger partial charge on any atom is -0.489 e. The third kappa shape index (κ3) is 2.78. The lowest BCUT2D eigenvalue weighted by molar-refractivity contribution is 0.0971. The van der Waals surface area contributed by atoms with Crippen LogP contribution in [0.2, 0.25) is 0 Å². The van der Waals surface area contributed by atoms with Crippen molar-refractivity contribution in [2.24, 2.45) is 5.92 Å². The number of hydrogen-bond donors (Lipinski definition) is 1. The van der Waals surface area contributed by atoms with Gasteiger partial charge in [0, 0.05) is 13.0 Å². The van der Waals surface area contributed by atoms with Crippen LogP contribution in [-0.2, 0) is 0 Å². The summed E-state index contributed by atoms with van der Waals surface area (Å²) in [6.07, 6.45) is 1.52. The number of fused-ring (bicyclic) bond motifs is 1. The zero-order chi connectivity index (χ0) is 12.3. The normalized spacial score (nSPS) is 13.8. The molecule has 0 bridgehead atoms. The summed E-state index contributed by atoms with van der Waals surface area (Å²) in [7, 11) is 0. The molecule has 1 heterocycles. The van der Waals surface area contributed by atoms with Crippen LogP contribution in [0.4, 0.5) is 5.69 Å². The first kappa shape index (κ1) is 12.0. The van der Waals surface area contributed by atoms with Gasteiger partial charge in [-0.3, -0.25) is 4.79 Å². The van der Waals surface area contributed by atoms with E-state index in [9.17, 15) is 4.79 Å². The maximum Gasteiger partial charge on any atom is 0.166 e. The zero-order valence-electron chi connectivity index (χ0n) is 10.5. The fourth-order valence-electron chi connectivity index (χ4n) is 1.94. The standard InChI is InChI=1S/C14H19NO2/c1-10(2)6-7-13(16)11-4-3-5-12-14(11)17-9-8-15-12/h3-5,10,15H,6-9H2,1-2H3. The van der Waals surface area contributed by atoms with Gasteiger partial charge >= 0.3 is 0 Å². The SMILES string of the molecule is CC(C)CCC(=O)c1cccc2c1OCCN2. The highest BCUT2D eigenvalue weighted by molar-refractivity contribution is 6.00. The predicted molar refractivity (Wildman–Crippen MR) is 68.8 cm³/mol. The number of ketones is 1. The molecule has 1 aromatic carbocycles. The Hall–Kier alpha value is -1.51. The van der Waals surface area contributed by atoms with Gasteiger partial charge in [0.15, 0.2) is 11.5 Å². The van der Waals surface area contributed by atoms with Crippen LogP contribution in [-0.4, -0.2) is 18.9 Å². The Balaban J connectivity index is 2.17. The van der Waals surface area contributed by atoms with Gasteiger partial charge in [0.1, 0.15) is 6.61 Å². The molecule has 2 rings (SSSR count). The topological polar surface area (TPSA) is 38.3 Å². The smallest absolute Gasteiger partial charge is 0.166 e. The molecule has 0 aromatic heterocycles. The molecule has 0 atom stereocenters. The molecule has 0 amide bonds. The number of rotatable bonds is 4. The molecular weight excluding hydrogens is 214 g/mol. The summed E-state index contributed by atoms with van der Waals surface area (Å²) in [6, 6.07) is 5.71. The molecule has 92 valence electrons. The van der Waals surface area contributed by atoms with E-state index in [0.717, 1.165) is 30.0 Å². The van der Waals surface area contributed by atoms with E-state index in [0.29, 0.717) is 18.9 Å². The summed E-state index contributed by atoms with van der Waals surface area (Å²) in [5.41, 5.74) is 1.65. The maximum absolute atomic E-state index is 12.1. The largest absolute Gasteiger partial charge is 0.489 e. The summed E-state index contributed by atoms with van der Waals surface area (Å²) in [4.78, 5) is 12.1. The Bertz CT molecular complexity index is 413. The second kappa shape index (κ2) is 5.21. The van der Waals surface area contributed by atoms with E-state index in [-0.39, 0.29) is 5.78 Å². The van der Waals surface area contributed by atoms with Crippen molar-refractivity contribution in [3.63, 3.8) is 0 Å². The Morgan fingerprint density at radius 2 is 2.29 bits per heavy atom. The summed E-state index contributed by atoms with van der Waals surface area (Å²) in [5, 5.41) is 3.25. The van der Waals surface area contributed by atoms with Gasteiger partial charge in [0.05, 0.1) is 11.3 Å². The fourth-order valence-corrected chi connectivity index (χ4v) is 1.94. The molecule has 0 saturated carbocycles. The molecule has 3 heteroatoms. The summed E-state index contributed by atoms with van der Waals surface area (Å²) >= 11 is 0. The monoisotopic (exact) mass is 233 g/mol. The Labute approximate surface area is 102 Å². The van der Waals surface area contributed by atoms with Gasteiger partial charge in [0.25, 0.3) is 0 Å². The van der Waals surface area contributed by atoms with Crippen molar-refractivity contribution >= 4 is 11.5 Å². The number of ether oxygens (including phenoxy) is 1. The average molecular weight is 233 g/mol. The number of nitrogens with one attached hydrogen (secondary N) is 1. The highest BCUT2D eigenvalue weighted by Crippen LogP contribution is 2.32. The van der Waals surface area contributed by atoms with E-state index in [1.165, 1.54) is 0 Å². The third-order valence-corrected chi connectivity index (χ3v) is 2.93. The van der Waals surface area contributed by atoms with Gasteiger partial charge < -0.3 is 10.1 Å². The summed E-state index contributed by atoms with van der Waals surface area (Å²) in [6.45, 7) is 5.69. The number of para-hydroxylation sites is 1. The summed E-state index contributed by atoms with van der Waals surface area (Å²) in [5.74, 6) is 1.46. The van der Waals surface area contributed by atoms with Crippen LogP contribution >= 0.6 is 0 Å². The molecule has 0 aliphatic carbocycles. The van der Waals surface area contributed by atoms with Crippen molar-refractivity contribution in [3.05, 3.63) is 23.8 Å². The minimum absolute atomic E-state index is 0.180. The lowest BCUT2D eigenvalue weighted by Gasteiger charge is -2.21. The fraction of sp³-hybridized carbons (Fsp3) is 0.500. The van der Waals surface area contributed by atoms with Crippen LogP contribution in [0.15, 0.2) is 18.2 Å². The van der Waals surface area contributed by atoms with Gasteiger partial charge in [-0.2, -0.15) is 0 Å². The van der Waals surface area contributed by atoms with E-state index < -0.39 is 0 Å². The molecule has 0 unspecified atom stereocenters. The highest BCUT2D eigenvalue weighted by atomic mass is 16.5. The second-order valence-electron chi connectivity index (χ2n) is 4.81. The minimum atomic E-state index is 0.180. The molecule has 0 radical (unpaired) electrons. The number of carbonyl (C=O) groups excluding carboxylic acids is 1. The van der Waals surface area contributed by atoms with Crippen molar-refractivity contribution < 1.29 is 9.53 Å². The van der Waals surface area contributed by atoms with E-state index >= 15 is 0 Å². The van der Waals surface area contributed by atoms with E-state index in [1.807, 2.05) is 18.2 Å². The quantitative estimate of drug-likeness (QED) is 0.812. The number of anilines is 1. The average Bonchev–Trinajstić information content (AvgIpc) is 2.35. The van der Waals surface area contributed by atoms with Crippen molar-refractivity contribution in [1.82, 2.24) is 0 Å². The molecule has 1 aliphatic heterocycles. The van der Waals surface area contributed by atoms with E-state index in [1.54, 1.807) is 0 Å². The lowest BCUT2D eigenvalue weighted by atomic mass is 10.00. The van der Waals surface area contributed by atoms with Crippen LogP contribution in [0.25, 0.3) is 0 Å². The molecule has 3 nitrogen and oxygen atoms in total. The molecule has 1 aliphatic rings. The molecule has 1 N–H and O–H groups in total. The lowest BCUT2D eigenvalue weighted by Crippen LogP contribution is -2.20. The van der Waals surface area contributed by atoms with Gasteiger partial charge in [0.2, 0.25) is 0 Å². The Morgan fingerprint density at radius 3 is 3.06 bits per heavy atom. The Kier molecular flexibility index (Phi) is 3.67. The maximum atomic E-state index is 12.1. The van der Waals surface area contributed by atoms with Gasteiger partial charge in [-0.05, 0) is 24.5 Å². The first-order valence-corrected chi connectivity index (χ1v) is 6.21. The van der Waals surface area contributed by atoms with Crippen LogP contribution in [0.1, 0.15) is 37.0 Å². The molecule has 0 spiro atoms. The number of Topliss-reactive ketones (excluding diaryl/α,β-unsaturated/α-hetero) is 1. The number of carbonyl (C=O) groups is 1. The first-order valence-electron chi connectivity index (χ1n) is 6.21. The number of hydrogen-bond acceptors (Lipinski definition) is 3. The van der Waals surface area contributed by atoms with Gasteiger partial charge in [-0.15, -0.1) is 0 Å². The summed E-state index contributed by atoms with van der Waals surface area (Å²) < 4.78 is 5.60. The van der Waals surface area contributed by atoms with Crippen molar-refractivity contribution in [1.29, 1.82) is 0 Å². The predicted octanol–water partition coefficient (Wildman–Crippen LogP) is 3.11. The highest BCUT2D eigenvalue weighted by Gasteiger charge is 2.18. The van der Waals surface area contributed by atoms with Gasteiger partial charge in [-0.25, -0.2) is 0 Å². The molecule has 0 fully saturated rings. The van der Waals surface area contributed by atoms with Crippen molar-refractivity contribution in [2.45, 2.75) is 26.7 Å². The van der Waals surface area contributed by atoms with E-state index in [4.69, 9.17) is 4.74 Å². The zero-order valence-corrected chi connectivity index (χ0v) is 10.5. The van der Waals surface area contributed by atoms with Crippen LogP contribution < -0.4 is 10.1 Å². The van der Waals surface area contributed by atoms with Crippen LogP contribution in [0.3, 0.4) is 0 Å². The number of benzene rings is 1. The van der Waals surface area contributed by atoms with Crippen molar-refractivity contribution in [2.75, 3.05) is 18.5 Å². The molecule has 17 heavy (non-hydrogen) atoms. The molecule has 1 aromatic rings. The first-order chi connectivity index (χ1) is 8.18. The Morgan fingerprint density at radius 1 is 1.47 bits per heavy atom. The van der Waals surface area contributed by atoms with Gasteiger partial charge in [-0.1, -0.05) is 19.9 Å². The third-order valence-electron chi connectivity index (χ3n) is 2.93.